The number of sulfonamides is 1. The van der Waals surface area contributed by atoms with E-state index in [0.29, 0.717) is 17.3 Å². The van der Waals surface area contributed by atoms with Crippen molar-refractivity contribution >= 4 is 27.3 Å². The molecule has 9 heteroatoms. The van der Waals surface area contributed by atoms with Gasteiger partial charge < -0.3 is 10.2 Å². The summed E-state index contributed by atoms with van der Waals surface area (Å²) in [6.07, 6.45) is 0. The molecule has 0 radical (unpaired) electrons. The minimum absolute atomic E-state index is 0.312. The minimum Gasteiger partial charge on any atom is -0.355 e. The fraction of sp³-hybridized carbons (Fsp3) is 0.450. The molecule has 0 atom stereocenters. The number of aryl methyl sites for hydroxylation is 1. The minimum atomic E-state index is -3.42. The Labute approximate surface area is 177 Å². The van der Waals surface area contributed by atoms with E-state index < -0.39 is 10.0 Å². The summed E-state index contributed by atoms with van der Waals surface area (Å²) in [5.74, 6) is 0.815. The summed E-state index contributed by atoms with van der Waals surface area (Å²) in [5.41, 5.74) is 2.64. The molecule has 1 aromatic heterocycles. The first-order valence-electron chi connectivity index (χ1n) is 9.74. The van der Waals surface area contributed by atoms with E-state index in [1.165, 1.54) is 22.5 Å². The quantitative estimate of drug-likeness (QED) is 0.394. The highest BCUT2D eigenvalue weighted by atomic mass is 32.2. The second-order valence-electron chi connectivity index (χ2n) is 7.06. The molecule has 1 aliphatic rings. The van der Waals surface area contributed by atoms with Crippen LogP contribution < -0.4 is 10.0 Å². The van der Waals surface area contributed by atoms with Gasteiger partial charge in [-0.05, 0) is 23.9 Å². The zero-order valence-corrected chi connectivity index (χ0v) is 18.6. The fourth-order valence-electron chi connectivity index (χ4n) is 3.37. The van der Waals surface area contributed by atoms with Crippen LogP contribution in [0, 0.1) is 6.92 Å². The number of thiophene rings is 1. The van der Waals surface area contributed by atoms with Crippen molar-refractivity contribution in [1.29, 1.82) is 0 Å². The van der Waals surface area contributed by atoms with E-state index in [2.05, 4.69) is 56.0 Å². The molecule has 0 saturated carbocycles. The first-order valence-corrected chi connectivity index (χ1v) is 12.1. The summed E-state index contributed by atoms with van der Waals surface area (Å²) in [7, 11) is -1.66. The number of hydrogen-bond acceptors (Lipinski definition) is 5. The van der Waals surface area contributed by atoms with Gasteiger partial charge >= 0.3 is 0 Å². The SMILES string of the molecule is CN=C(NCCNS(=O)(=O)c1cccs1)N1CCN(Cc2cccc(C)c2)CC1. The highest BCUT2D eigenvalue weighted by Gasteiger charge is 2.20. The molecular formula is C20H29N5O2S2. The lowest BCUT2D eigenvalue weighted by Crippen LogP contribution is -2.52. The van der Waals surface area contributed by atoms with Crippen LogP contribution in [0.25, 0.3) is 0 Å². The Hall–Kier alpha value is -1.94. The van der Waals surface area contributed by atoms with Crippen molar-refractivity contribution in [3.8, 4) is 0 Å². The van der Waals surface area contributed by atoms with E-state index in [4.69, 9.17) is 0 Å². The summed E-state index contributed by atoms with van der Waals surface area (Å²) in [6, 6.07) is 12.0. The topological polar surface area (TPSA) is 77.0 Å². The third-order valence-electron chi connectivity index (χ3n) is 4.83. The van der Waals surface area contributed by atoms with Crippen LogP contribution in [0.5, 0.6) is 0 Å². The van der Waals surface area contributed by atoms with E-state index in [0.717, 1.165) is 38.7 Å². The number of hydrogen-bond donors (Lipinski definition) is 2. The van der Waals surface area contributed by atoms with Gasteiger partial charge in [-0.25, -0.2) is 13.1 Å². The monoisotopic (exact) mass is 435 g/mol. The average molecular weight is 436 g/mol. The van der Waals surface area contributed by atoms with Gasteiger partial charge in [0.15, 0.2) is 5.96 Å². The Bertz CT molecular complexity index is 905. The molecule has 158 valence electrons. The maximum absolute atomic E-state index is 12.1. The maximum atomic E-state index is 12.1. The summed E-state index contributed by atoms with van der Waals surface area (Å²) in [5, 5.41) is 5.02. The van der Waals surface area contributed by atoms with Crippen LogP contribution in [-0.4, -0.2) is 70.5 Å². The highest BCUT2D eigenvalue weighted by molar-refractivity contribution is 7.91. The molecule has 1 saturated heterocycles. The Morgan fingerprint density at radius 3 is 2.59 bits per heavy atom. The first-order chi connectivity index (χ1) is 14.0. The molecular weight excluding hydrogens is 406 g/mol. The van der Waals surface area contributed by atoms with E-state index in [1.807, 2.05) is 0 Å². The number of benzene rings is 1. The largest absolute Gasteiger partial charge is 0.355 e. The normalized spacial score (nSPS) is 16.2. The number of nitrogens with one attached hydrogen (secondary N) is 2. The third-order valence-corrected chi connectivity index (χ3v) is 7.69. The Balaban J connectivity index is 1.41. The molecule has 1 aliphatic heterocycles. The van der Waals surface area contributed by atoms with Gasteiger partial charge in [-0.3, -0.25) is 9.89 Å². The van der Waals surface area contributed by atoms with E-state index in [9.17, 15) is 8.42 Å². The summed E-state index contributed by atoms with van der Waals surface area (Å²) < 4.78 is 27.2. The predicted molar refractivity (Wildman–Crippen MR) is 119 cm³/mol. The number of piperazine rings is 1. The van der Waals surface area contributed by atoms with Crippen molar-refractivity contribution < 1.29 is 8.42 Å². The lowest BCUT2D eigenvalue weighted by atomic mass is 10.1. The van der Waals surface area contributed by atoms with Crippen LogP contribution in [0.2, 0.25) is 0 Å². The molecule has 1 fully saturated rings. The number of nitrogens with zero attached hydrogens (tertiary/aromatic N) is 3. The van der Waals surface area contributed by atoms with Gasteiger partial charge in [0.25, 0.3) is 0 Å². The summed E-state index contributed by atoms with van der Waals surface area (Å²) in [4.78, 5) is 9.03. The van der Waals surface area contributed by atoms with Crippen LogP contribution in [0.15, 0.2) is 51.0 Å². The van der Waals surface area contributed by atoms with Crippen molar-refractivity contribution in [3.05, 3.63) is 52.9 Å². The second-order valence-corrected chi connectivity index (χ2v) is 10.00. The van der Waals surface area contributed by atoms with Crippen molar-refractivity contribution in [2.75, 3.05) is 46.3 Å². The van der Waals surface area contributed by atoms with E-state index >= 15 is 0 Å². The van der Waals surface area contributed by atoms with Crippen LogP contribution in [0.1, 0.15) is 11.1 Å². The zero-order valence-electron chi connectivity index (χ0n) is 17.0. The molecule has 3 rings (SSSR count). The van der Waals surface area contributed by atoms with Crippen LogP contribution in [-0.2, 0) is 16.6 Å². The van der Waals surface area contributed by atoms with Gasteiger partial charge in [0.05, 0.1) is 0 Å². The molecule has 7 nitrogen and oxygen atoms in total. The average Bonchev–Trinajstić information content (AvgIpc) is 3.25. The fourth-order valence-corrected chi connectivity index (χ4v) is 5.44. The smallest absolute Gasteiger partial charge is 0.250 e. The van der Waals surface area contributed by atoms with E-state index in [1.54, 1.807) is 24.6 Å². The Morgan fingerprint density at radius 2 is 1.93 bits per heavy atom. The Kier molecular flexibility index (Phi) is 7.65. The number of rotatable bonds is 7. The number of aliphatic imine (C=N–C) groups is 1. The van der Waals surface area contributed by atoms with E-state index in [-0.39, 0.29) is 0 Å². The van der Waals surface area contributed by atoms with Gasteiger partial charge in [0, 0.05) is 52.9 Å². The van der Waals surface area contributed by atoms with Gasteiger partial charge in [0.1, 0.15) is 4.21 Å². The molecule has 1 aromatic carbocycles. The van der Waals surface area contributed by atoms with Crippen molar-refractivity contribution in [1.82, 2.24) is 19.8 Å². The molecule has 0 spiro atoms. The van der Waals surface area contributed by atoms with Crippen molar-refractivity contribution in [2.45, 2.75) is 17.7 Å². The summed E-state index contributed by atoms with van der Waals surface area (Å²) in [6.45, 7) is 7.62. The second kappa shape index (κ2) is 10.2. The number of guanidine groups is 1. The van der Waals surface area contributed by atoms with Gasteiger partial charge in [-0.15, -0.1) is 11.3 Å². The molecule has 2 heterocycles. The lowest BCUT2D eigenvalue weighted by molar-refractivity contribution is 0.172. The molecule has 0 unspecified atom stereocenters. The molecule has 0 bridgehead atoms. The van der Waals surface area contributed by atoms with Gasteiger partial charge in [-0.1, -0.05) is 35.9 Å². The van der Waals surface area contributed by atoms with Crippen LogP contribution in [0.4, 0.5) is 0 Å². The molecule has 2 N–H and O–H groups in total. The first kappa shape index (κ1) is 21.8. The maximum Gasteiger partial charge on any atom is 0.250 e. The molecule has 0 aliphatic carbocycles. The van der Waals surface area contributed by atoms with Gasteiger partial charge in [0.2, 0.25) is 10.0 Å². The predicted octanol–water partition coefficient (Wildman–Crippen LogP) is 1.73. The van der Waals surface area contributed by atoms with Crippen molar-refractivity contribution in [3.63, 3.8) is 0 Å². The highest BCUT2D eigenvalue weighted by Crippen LogP contribution is 2.15. The molecule has 2 aromatic rings. The Morgan fingerprint density at radius 1 is 1.14 bits per heavy atom. The molecule has 0 amide bonds. The standard InChI is InChI=1S/C20H29N5O2S2/c1-17-5-3-6-18(15-17)16-24-10-12-25(13-11-24)20(21-2)22-8-9-23-29(26,27)19-7-4-14-28-19/h3-7,14-15,23H,8-13,16H2,1-2H3,(H,21,22). The van der Waals surface area contributed by atoms with Crippen LogP contribution >= 0.6 is 11.3 Å². The zero-order chi connectivity index (χ0) is 20.7. The third kappa shape index (κ3) is 6.27. The lowest BCUT2D eigenvalue weighted by Gasteiger charge is -2.36. The van der Waals surface area contributed by atoms with Crippen molar-refractivity contribution in [2.24, 2.45) is 4.99 Å². The molecule has 29 heavy (non-hydrogen) atoms. The van der Waals surface area contributed by atoms with Gasteiger partial charge in [-0.2, -0.15) is 0 Å². The van der Waals surface area contributed by atoms with Crippen LogP contribution in [0.3, 0.4) is 0 Å². The summed E-state index contributed by atoms with van der Waals surface area (Å²) >= 11 is 1.22.